The SMILES string of the molecule is COC1CCC2C(C1)C(C1CCC(Cl)CC1)=N[C@@H](CC(=O)NCCOCCOCCNC(=O)C1CCCC(B(O)O)C1)c1nnc(C)n12. The summed E-state index contributed by atoms with van der Waals surface area (Å²) in [6, 6.07) is -0.197. The number of ether oxygens (including phenoxy) is 3. The van der Waals surface area contributed by atoms with E-state index in [9.17, 15) is 19.6 Å². The van der Waals surface area contributed by atoms with E-state index >= 15 is 0 Å². The van der Waals surface area contributed by atoms with Crippen molar-refractivity contribution < 1.29 is 33.8 Å². The van der Waals surface area contributed by atoms with Crippen molar-refractivity contribution in [2.75, 3.05) is 46.6 Å². The van der Waals surface area contributed by atoms with Gasteiger partial charge in [-0.2, -0.15) is 0 Å². The van der Waals surface area contributed by atoms with Gasteiger partial charge in [-0.25, -0.2) is 0 Å². The predicted molar refractivity (Wildman–Crippen MR) is 182 cm³/mol. The van der Waals surface area contributed by atoms with Crippen LogP contribution in [0.25, 0.3) is 0 Å². The van der Waals surface area contributed by atoms with Crippen molar-refractivity contribution in [1.82, 2.24) is 25.4 Å². The van der Waals surface area contributed by atoms with Gasteiger partial charge in [-0.1, -0.05) is 12.8 Å². The molecule has 15 heteroatoms. The molecular formula is C33H54BClN6O7. The summed E-state index contributed by atoms with van der Waals surface area (Å²) in [5.41, 5.74) is 1.21. The third-order valence-electron chi connectivity index (χ3n) is 10.8. The fourth-order valence-corrected chi connectivity index (χ4v) is 8.42. The van der Waals surface area contributed by atoms with E-state index in [1.165, 1.54) is 5.71 Å². The number of nitrogens with one attached hydrogen (secondary N) is 2. The van der Waals surface area contributed by atoms with Crippen molar-refractivity contribution in [3.8, 4) is 0 Å². The number of fused-ring (bicyclic) bond motifs is 3. The monoisotopic (exact) mass is 692 g/mol. The van der Waals surface area contributed by atoms with Gasteiger partial charge in [0.1, 0.15) is 11.9 Å². The lowest BCUT2D eigenvalue weighted by molar-refractivity contribution is -0.126. The largest absolute Gasteiger partial charge is 0.454 e. The van der Waals surface area contributed by atoms with Crippen LogP contribution >= 0.6 is 11.6 Å². The minimum Gasteiger partial charge on any atom is -0.427 e. The molecule has 0 radical (unpaired) electrons. The fraction of sp³-hybridized carbons (Fsp3) is 0.848. The van der Waals surface area contributed by atoms with Crippen LogP contribution in [0.1, 0.15) is 101 Å². The van der Waals surface area contributed by atoms with Gasteiger partial charge >= 0.3 is 7.12 Å². The molecule has 0 bridgehead atoms. The summed E-state index contributed by atoms with van der Waals surface area (Å²) in [5, 5.41) is 33.9. The molecule has 0 aromatic carbocycles. The van der Waals surface area contributed by atoms with E-state index in [2.05, 4.69) is 25.4 Å². The second-order valence-corrected chi connectivity index (χ2v) is 14.6. The highest BCUT2D eigenvalue weighted by molar-refractivity contribution is 6.43. The van der Waals surface area contributed by atoms with Gasteiger partial charge in [0.15, 0.2) is 5.82 Å². The second-order valence-electron chi connectivity index (χ2n) is 13.9. The Labute approximate surface area is 289 Å². The van der Waals surface area contributed by atoms with Crippen LogP contribution < -0.4 is 10.6 Å². The van der Waals surface area contributed by atoms with Crippen LogP contribution in [0, 0.1) is 24.7 Å². The Morgan fingerprint density at radius 2 is 1.67 bits per heavy atom. The molecule has 48 heavy (non-hydrogen) atoms. The first-order valence-corrected chi connectivity index (χ1v) is 18.4. The van der Waals surface area contributed by atoms with E-state index in [0.29, 0.717) is 51.9 Å². The number of methoxy groups -OCH3 is 1. The Balaban J connectivity index is 1.05. The Morgan fingerprint density at radius 3 is 2.38 bits per heavy atom. The van der Waals surface area contributed by atoms with Crippen molar-refractivity contribution in [1.29, 1.82) is 0 Å². The highest BCUT2D eigenvalue weighted by Gasteiger charge is 2.43. The number of alkyl halides is 1. The summed E-state index contributed by atoms with van der Waals surface area (Å²) < 4.78 is 19.3. The first-order valence-electron chi connectivity index (χ1n) is 18.0. The van der Waals surface area contributed by atoms with E-state index in [0.717, 1.165) is 75.9 Å². The Kier molecular flexibility index (Phi) is 14.1. The Morgan fingerprint density at radius 1 is 0.938 bits per heavy atom. The third-order valence-corrected chi connectivity index (χ3v) is 11.2. The maximum atomic E-state index is 13.2. The van der Waals surface area contributed by atoms with Gasteiger partial charge in [0.25, 0.3) is 0 Å². The topological polar surface area (TPSA) is 169 Å². The lowest BCUT2D eigenvalue weighted by Crippen LogP contribution is -2.39. The highest BCUT2D eigenvalue weighted by Crippen LogP contribution is 2.45. The van der Waals surface area contributed by atoms with Gasteiger partial charge in [-0.15, -0.1) is 21.8 Å². The molecule has 4 N–H and O–H groups in total. The fourth-order valence-electron chi connectivity index (χ4n) is 8.17. The molecular weight excluding hydrogens is 639 g/mol. The summed E-state index contributed by atoms with van der Waals surface area (Å²) in [6.07, 6.45) is 10.0. The van der Waals surface area contributed by atoms with Gasteiger partial charge in [-0.05, 0) is 76.4 Å². The molecule has 13 nitrogen and oxygen atoms in total. The first kappa shape index (κ1) is 37.2. The van der Waals surface area contributed by atoms with E-state index in [1.807, 2.05) is 6.92 Å². The van der Waals surface area contributed by atoms with Crippen LogP contribution in [-0.2, 0) is 23.8 Å². The summed E-state index contributed by atoms with van der Waals surface area (Å²) in [5.74, 6) is 1.61. The lowest BCUT2D eigenvalue weighted by atomic mass is 9.62. The van der Waals surface area contributed by atoms with Crippen molar-refractivity contribution >= 4 is 36.2 Å². The van der Waals surface area contributed by atoms with Crippen molar-refractivity contribution in [3.05, 3.63) is 11.6 Å². The van der Waals surface area contributed by atoms with Gasteiger partial charge in [0.05, 0.1) is 39.0 Å². The number of rotatable bonds is 15. The lowest BCUT2D eigenvalue weighted by Gasteiger charge is -2.39. The molecule has 1 aromatic rings. The molecule has 4 aliphatic rings. The highest BCUT2D eigenvalue weighted by atomic mass is 35.5. The zero-order chi connectivity index (χ0) is 34.0. The third kappa shape index (κ3) is 9.78. The molecule has 6 atom stereocenters. The molecule has 5 rings (SSSR count). The summed E-state index contributed by atoms with van der Waals surface area (Å²) in [4.78, 5) is 30.9. The Bertz CT molecular complexity index is 1230. The number of carbonyl (C=O) groups is 2. The number of hydrogen-bond donors (Lipinski definition) is 4. The molecule has 0 saturated heterocycles. The molecule has 3 saturated carbocycles. The maximum absolute atomic E-state index is 13.2. The van der Waals surface area contributed by atoms with E-state index < -0.39 is 13.2 Å². The summed E-state index contributed by atoms with van der Waals surface area (Å²) >= 11 is 6.49. The number of aromatic nitrogens is 3. The molecule has 5 unspecified atom stereocenters. The number of halogens is 1. The maximum Gasteiger partial charge on any atom is 0.454 e. The molecule has 1 aliphatic heterocycles. The van der Waals surface area contributed by atoms with Gasteiger partial charge in [0, 0.05) is 49.2 Å². The average Bonchev–Trinajstić information content (AvgIpc) is 3.42. The molecule has 3 fully saturated rings. The Hall–Kier alpha value is -2.10. The van der Waals surface area contributed by atoms with Crippen LogP contribution in [-0.4, -0.2) is 108 Å². The minimum absolute atomic E-state index is 0.0615. The average molecular weight is 693 g/mol. The number of aliphatic imine (C=N–C) groups is 1. The van der Waals surface area contributed by atoms with E-state index in [4.69, 9.17) is 30.8 Å². The van der Waals surface area contributed by atoms with Crippen LogP contribution in [0.2, 0.25) is 5.82 Å². The quantitative estimate of drug-likeness (QED) is 0.123. The number of aryl methyl sites for hydroxylation is 1. The summed E-state index contributed by atoms with van der Waals surface area (Å²) in [6.45, 7) is 4.21. The van der Waals surface area contributed by atoms with Crippen LogP contribution in [0.4, 0.5) is 0 Å². The molecule has 2 heterocycles. The molecule has 268 valence electrons. The normalized spacial score (nSPS) is 30.4. The number of amides is 2. The van der Waals surface area contributed by atoms with Crippen molar-refractivity contribution in [2.24, 2.45) is 22.7 Å². The number of hydrogen-bond acceptors (Lipinski definition) is 10. The predicted octanol–water partition coefficient (Wildman–Crippen LogP) is 2.92. The molecule has 2 amide bonds. The number of carbonyl (C=O) groups excluding carboxylic acids is 2. The minimum atomic E-state index is -1.37. The van der Waals surface area contributed by atoms with Crippen LogP contribution in [0.3, 0.4) is 0 Å². The standard InChI is InChI=1S/C33H54BClN6O7/c1-21-39-40-32-28(38-31(22-6-8-25(35)9-7-22)27-19-26(46-2)10-11-29(27)41(21)32)20-30(42)36-12-14-47-16-17-48-15-13-37-33(43)23-4-3-5-24(18-23)34(44)45/h22-29,44-45H,3-20H2,1-2H3,(H,36,42)(H,37,43)/t22?,23?,24?,25?,26?,27?,28-,29?/m0/s1. The van der Waals surface area contributed by atoms with Crippen molar-refractivity contribution in [3.63, 3.8) is 0 Å². The molecule has 3 aliphatic carbocycles. The second kappa shape index (κ2) is 18.2. The van der Waals surface area contributed by atoms with Crippen LogP contribution in [0.15, 0.2) is 4.99 Å². The van der Waals surface area contributed by atoms with Crippen molar-refractivity contribution in [2.45, 2.75) is 113 Å². The van der Waals surface area contributed by atoms with Gasteiger partial charge in [-0.3, -0.25) is 14.6 Å². The molecule has 0 spiro atoms. The molecule has 1 aromatic heterocycles. The van der Waals surface area contributed by atoms with Gasteiger partial charge in [0.2, 0.25) is 11.8 Å². The van der Waals surface area contributed by atoms with Gasteiger partial charge < -0.3 is 39.5 Å². The zero-order valence-electron chi connectivity index (χ0n) is 28.5. The number of nitrogens with zero attached hydrogens (tertiary/aromatic N) is 4. The zero-order valence-corrected chi connectivity index (χ0v) is 29.3. The van der Waals surface area contributed by atoms with E-state index in [1.54, 1.807) is 7.11 Å². The summed E-state index contributed by atoms with van der Waals surface area (Å²) in [7, 11) is 0.425. The van der Waals surface area contributed by atoms with Crippen LogP contribution in [0.5, 0.6) is 0 Å². The van der Waals surface area contributed by atoms with E-state index in [-0.39, 0.29) is 53.4 Å². The smallest absolute Gasteiger partial charge is 0.427 e. The first-order chi connectivity index (χ1) is 23.2.